The van der Waals surface area contributed by atoms with Crippen molar-refractivity contribution in [3.8, 4) is 11.5 Å². The number of methoxy groups -OCH3 is 2. The molecule has 0 saturated heterocycles. The van der Waals surface area contributed by atoms with Crippen LogP contribution in [0, 0.1) is 5.41 Å². The topological polar surface area (TPSA) is 96.7 Å². The Labute approximate surface area is 210 Å². The molecule has 2 N–H and O–H groups in total. The molecule has 184 valence electrons. The molecule has 1 saturated carbocycles. The Kier molecular flexibility index (Phi) is 7.44. The van der Waals surface area contributed by atoms with E-state index in [1.54, 1.807) is 14.2 Å². The van der Waals surface area contributed by atoms with E-state index in [0.29, 0.717) is 17.1 Å². The van der Waals surface area contributed by atoms with Gasteiger partial charge in [-0.3, -0.25) is 15.6 Å². The lowest BCUT2D eigenvalue weighted by molar-refractivity contribution is -0.114. The van der Waals surface area contributed by atoms with Crippen LogP contribution >= 0.6 is 0 Å². The van der Waals surface area contributed by atoms with E-state index in [4.69, 9.17) is 19.6 Å². The van der Waals surface area contributed by atoms with Crippen molar-refractivity contribution in [2.75, 3.05) is 25.1 Å². The largest absolute Gasteiger partial charge is 0.497 e. The van der Waals surface area contributed by atoms with Crippen LogP contribution in [0.15, 0.2) is 94.1 Å². The molecule has 1 aliphatic rings. The van der Waals surface area contributed by atoms with Crippen LogP contribution in [0.4, 0.5) is 17.1 Å². The molecule has 1 aliphatic carbocycles. The molecule has 0 amide bonds. The van der Waals surface area contributed by atoms with Crippen LogP contribution in [0.2, 0.25) is 0 Å². The van der Waals surface area contributed by atoms with Crippen LogP contribution in [0.5, 0.6) is 11.5 Å². The number of hydrogen-bond acceptors (Lipinski definition) is 8. The van der Waals surface area contributed by atoms with Crippen molar-refractivity contribution in [2.24, 2.45) is 20.6 Å². The number of aliphatic imine (C=N–C) groups is 1. The Bertz CT molecular complexity index is 1300. The summed E-state index contributed by atoms with van der Waals surface area (Å²) >= 11 is 0. The number of hydrogen-bond donors (Lipinski definition) is 2. The van der Waals surface area contributed by atoms with E-state index in [1.165, 1.54) is 0 Å². The number of nitrogens with zero attached hydrogens (tertiary/aromatic N) is 3. The van der Waals surface area contributed by atoms with E-state index in [0.717, 1.165) is 22.9 Å². The summed E-state index contributed by atoms with van der Waals surface area (Å²) in [5.41, 5.74) is 9.02. The first-order valence-corrected chi connectivity index (χ1v) is 11.5. The zero-order chi connectivity index (χ0) is 25.5. The summed E-state index contributed by atoms with van der Waals surface area (Å²) < 4.78 is 10.4. The lowest BCUT2D eigenvalue weighted by atomic mass is 9.73. The van der Waals surface area contributed by atoms with Crippen molar-refractivity contribution < 1.29 is 14.3 Å². The fraction of sp³-hybridized carbons (Fsp3) is 0.214. The van der Waals surface area contributed by atoms with Crippen LogP contribution < -0.4 is 20.3 Å². The first-order chi connectivity index (χ1) is 17.4. The molecular formula is C28H29N5O3. The van der Waals surface area contributed by atoms with Gasteiger partial charge in [0, 0.05) is 11.8 Å². The number of hydrazone groups is 2. The Morgan fingerprint density at radius 3 is 1.78 bits per heavy atom. The van der Waals surface area contributed by atoms with Gasteiger partial charge in [0.05, 0.1) is 37.0 Å². The quantitative estimate of drug-likeness (QED) is 0.420. The molecule has 1 fully saturated rings. The molecule has 4 rings (SSSR count). The van der Waals surface area contributed by atoms with Gasteiger partial charge < -0.3 is 9.47 Å². The number of nitrogens with one attached hydrogen (secondary N) is 2. The smallest absolute Gasteiger partial charge is 0.186 e. The summed E-state index contributed by atoms with van der Waals surface area (Å²) in [6, 6.07) is 24.2. The molecule has 3 aromatic carbocycles. The van der Waals surface area contributed by atoms with Crippen molar-refractivity contribution in [1.82, 2.24) is 0 Å². The monoisotopic (exact) mass is 483 g/mol. The van der Waals surface area contributed by atoms with E-state index in [2.05, 4.69) is 16.0 Å². The molecule has 0 bridgehead atoms. The number of benzene rings is 3. The van der Waals surface area contributed by atoms with Gasteiger partial charge >= 0.3 is 0 Å². The highest BCUT2D eigenvalue weighted by Gasteiger charge is 2.42. The predicted octanol–water partition coefficient (Wildman–Crippen LogP) is 5.71. The second kappa shape index (κ2) is 10.9. The number of anilines is 2. The molecule has 8 heteroatoms. The Morgan fingerprint density at radius 1 is 0.722 bits per heavy atom. The van der Waals surface area contributed by atoms with E-state index in [-0.39, 0.29) is 17.9 Å². The summed E-state index contributed by atoms with van der Waals surface area (Å²) in [4.78, 5) is 18.1. The minimum atomic E-state index is -0.566. The van der Waals surface area contributed by atoms with Crippen LogP contribution in [-0.2, 0) is 4.79 Å². The average molecular weight is 484 g/mol. The summed E-state index contributed by atoms with van der Waals surface area (Å²) in [6.45, 7) is 3.96. The number of rotatable bonds is 7. The van der Waals surface area contributed by atoms with Crippen molar-refractivity contribution in [3.05, 3.63) is 78.9 Å². The molecule has 36 heavy (non-hydrogen) atoms. The molecule has 0 aliphatic heterocycles. The standard InChI is InChI=1S/C28H29N5O3/c1-28(2)18-24(34)25(32-30-20-10-14-22(35-3)15-11-20)26(29-19-8-6-5-7-9-19)27(28)33-31-21-12-16-23(36-4)17-13-21/h5-17,30-31H,18H2,1-4H3/b29-26?,32-25+,33-27-. The number of para-hydroxylation sites is 1. The Hall–Kier alpha value is -4.46. The first-order valence-electron chi connectivity index (χ1n) is 11.5. The highest BCUT2D eigenvalue weighted by Crippen LogP contribution is 2.31. The van der Waals surface area contributed by atoms with Gasteiger partial charge in [0.2, 0.25) is 0 Å². The summed E-state index contributed by atoms with van der Waals surface area (Å²) in [7, 11) is 3.23. The molecule has 0 unspecified atom stereocenters. The van der Waals surface area contributed by atoms with Gasteiger partial charge in [0.15, 0.2) is 11.5 Å². The van der Waals surface area contributed by atoms with Gasteiger partial charge in [0.25, 0.3) is 0 Å². The van der Waals surface area contributed by atoms with Crippen LogP contribution in [0.25, 0.3) is 0 Å². The predicted molar refractivity (Wildman–Crippen MR) is 145 cm³/mol. The zero-order valence-corrected chi connectivity index (χ0v) is 20.8. The van der Waals surface area contributed by atoms with Gasteiger partial charge in [-0.2, -0.15) is 10.2 Å². The lowest BCUT2D eigenvalue weighted by Crippen LogP contribution is -2.47. The van der Waals surface area contributed by atoms with Crippen LogP contribution in [0.3, 0.4) is 0 Å². The van der Waals surface area contributed by atoms with E-state index in [9.17, 15) is 4.79 Å². The van der Waals surface area contributed by atoms with Gasteiger partial charge in [-0.25, -0.2) is 4.99 Å². The number of carbonyl (C=O) groups excluding carboxylic acids is 1. The van der Waals surface area contributed by atoms with Gasteiger partial charge in [-0.05, 0) is 60.7 Å². The minimum absolute atomic E-state index is 0.112. The maximum atomic E-state index is 13.3. The molecule has 0 atom stereocenters. The molecule has 0 radical (unpaired) electrons. The van der Waals surface area contributed by atoms with Gasteiger partial charge in [-0.15, -0.1) is 0 Å². The number of ketones is 1. The molecule has 0 heterocycles. The Morgan fingerprint density at radius 2 is 1.25 bits per heavy atom. The second-order valence-electron chi connectivity index (χ2n) is 8.88. The molecule has 3 aromatic rings. The van der Waals surface area contributed by atoms with Crippen molar-refractivity contribution in [1.29, 1.82) is 0 Å². The third-order valence-corrected chi connectivity index (χ3v) is 5.73. The third kappa shape index (κ3) is 5.78. The third-order valence-electron chi connectivity index (χ3n) is 5.73. The minimum Gasteiger partial charge on any atom is -0.497 e. The fourth-order valence-corrected chi connectivity index (χ4v) is 3.76. The molecule has 0 spiro atoms. The SMILES string of the molecule is COc1ccc(N/N=C2\C(=O)CC(C)(C)/C(=N\Nc3ccc(OC)cc3)C2=Nc2ccccc2)cc1. The van der Waals surface area contributed by atoms with Crippen LogP contribution in [-0.4, -0.2) is 37.1 Å². The first kappa shape index (κ1) is 24.7. The Balaban J connectivity index is 1.74. The summed E-state index contributed by atoms with van der Waals surface area (Å²) in [6.07, 6.45) is 0.243. The fourth-order valence-electron chi connectivity index (χ4n) is 3.76. The average Bonchev–Trinajstić information content (AvgIpc) is 2.89. The number of carbonyl (C=O) groups is 1. The highest BCUT2D eigenvalue weighted by atomic mass is 16.5. The van der Waals surface area contributed by atoms with E-state index < -0.39 is 5.41 Å². The van der Waals surface area contributed by atoms with E-state index in [1.807, 2.05) is 92.7 Å². The maximum Gasteiger partial charge on any atom is 0.186 e. The van der Waals surface area contributed by atoms with Crippen molar-refractivity contribution in [2.45, 2.75) is 20.3 Å². The van der Waals surface area contributed by atoms with E-state index >= 15 is 0 Å². The zero-order valence-electron chi connectivity index (χ0n) is 20.8. The lowest BCUT2D eigenvalue weighted by Gasteiger charge is -2.32. The normalized spacial score (nSPS) is 18.3. The highest BCUT2D eigenvalue weighted by molar-refractivity contribution is 6.84. The summed E-state index contributed by atoms with van der Waals surface area (Å²) in [5.74, 6) is 1.37. The molecule has 8 nitrogen and oxygen atoms in total. The maximum absolute atomic E-state index is 13.3. The second-order valence-corrected chi connectivity index (χ2v) is 8.88. The molecular weight excluding hydrogens is 454 g/mol. The van der Waals surface area contributed by atoms with Crippen molar-refractivity contribution >= 4 is 40.0 Å². The van der Waals surface area contributed by atoms with Gasteiger partial charge in [0.1, 0.15) is 17.2 Å². The number of ether oxygens (including phenoxy) is 2. The van der Waals surface area contributed by atoms with Crippen molar-refractivity contribution in [3.63, 3.8) is 0 Å². The van der Waals surface area contributed by atoms with Gasteiger partial charge in [-0.1, -0.05) is 32.0 Å². The number of Topliss-reactive ketones (excluding diaryl/α,β-unsaturated/α-hetero) is 1. The molecule has 0 aromatic heterocycles. The van der Waals surface area contributed by atoms with Crippen LogP contribution in [0.1, 0.15) is 20.3 Å². The summed E-state index contributed by atoms with van der Waals surface area (Å²) in [5, 5.41) is 9.20.